The normalized spacial score (nSPS) is 14.3. The van der Waals surface area contributed by atoms with Crippen LogP contribution in [0.1, 0.15) is 18.1 Å². The van der Waals surface area contributed by atoms with E-state index in [0.717, 1.165) is 18.5 Å². The lowest BCUT2D eigenvalue weighted by Gasteiger charge is -2.15. The topological polar surface area (TPSA) is 46.9 Å². The van der Waals surface area contributed by atoms with Crippen LogP contribution in [0.2, 0.25) is 0 Å². The quantitative estimate of drug-likeness (QED) is 0.939. The molecule has 0 atom stereocenters. The molecule has 4 nitrogen and oxygen atoms in total. The molecule has 0 amide bonds. The van der Waals surface area contributed by atoms with E-state index in [1.54, 1.807) is 6.20 Å². The molecule has 1 aromatic carbocycles. The van der Waals surface area contributed by atoms with Crippen LogP contribution in [0.15, 0.2) is 39.7 Å². The first-order valence-corrected chi connectivity index (χ1v) is 7.57. The minimum atomic E-state index is -0.0898. The van der Waals surface area contributed by atoms with E-state index in [4.69, 9.17) is 0 Å². The summed E-state index contributed by atoms with van der Waals surface area (Å²) in [6, 6.07) is 8.79. The van der Waals surface area contributed by atoms with Crippen molar-refractivity contribution in [3.63, 3.8) is 0 Å². The molecule has 0 spiro atoms. The fourth-order valence-corrected chi connectivity index (χ4v) is 3.09. The SMILES string of the molecule is CCn1ncc(NC2Cc3ccccc3C2)c(Br)c1=O. The second-order valence-corrected chi connectivity index (χ2v) is 5.80. The molecule has 1 aliphatic carbocycles. The summed E-state index contributed by atoms with van der Waals surface area (Å²) in [5.74, 6) is 0. The van der Waals surface area contributed by atoms with Crippen molar-refractivity contribution in [2.45, 2.75) is 32.4 Å². The molecule has 0 fully saturated rings. The van der Waals surface area contributed by atoms with Crippen molar-refractivity contribution in [1.82, 2.24) is 9.78 Å². The summed E-state index contributed by atoms with van der Waals surface area (Å²) in [5, 5.41) is 7.59. The number of fused-ring (bicyclic) bond motifs is 1. The van der Waals surface area contributed by atoms with Crippen LogP contribution in [-0.4, -0.2) is 15.8 Å². The van der Waals surface area contributed by atoms with Crippen molar-refractivity contribution < 1.29 is 0 Å². The lowest BCUT2D eigenvalue weighted by molar-refractivity contribution is 0.611. The number of anilines is 1. The van der Waals surface area contributed by atoms with E-state index < -0.39 is 0 Å². The summed E-state index contributed by atoms with van der Waals surface area (Å²) in [4.78, 5) is 12.0. The minimum Gasteiger partial charge on any atom is -0.379 e. The fourth-order valence-electron chi connectivity index (χ4n) is 2.67. The summed E-state index contributed by atoms with van der Waals surface area (Å²) in [6.07, 6.45) is 3.69. The maximum absolute atomic E-state index is 12.0. The highest BCUT2D eigenvalue weighted by Crippen LogP contribution is 2.26. The van der Waals surface area contributed by atoms with Crippen molar-refractivity contribution in [3.8, 4) is 0 Å². The molecule has 0 unspecified atom stereocenters. The highest BCUT2D eigenvalue weighted by molar-refractivity contribution is 9.10. The largest absolute Gasteiger partial charge is 0.379 e. The molecule has 0 aliphatic heterocycles. The number of rotatable bonds is 3. The summed E-state index contributed by atoms with van der Waals surface area (Å²) >= 11 is 3.38. The average molecular weight is 334 g/mol. The van der Waals surface area contributed by atoms with E-state index >= 15 is 0 Å². The number of hydrogen-bond acceptors (Lipinski definition) is 3. The van der Waals surface area contributed by atoms with Gasteiger partial charge in [0, 0.05) is 12.6 Å². The molecule has 3 rings (SSSR count). The van der Waals surface area contributed by atoms with Crippen molar-refractivity contribution >= 4 is 21.6 Å². The van der Waals surface area contributed by atoms with Gasteiger partial charge in [-0.05, 0) is 46.8 Å². The predicted octanol–water partition coefficient (Wildman–Crippen LogP) is 2.61. The lowest BCUT2D eigenvalue weighted by Crippen LogP contribution is -2.26. The monoisotopic (exact) mass is 333 g/mol. The standard InChI is InChI=1S/C15H16BrN3O/c1-2-19-15(20)14(16)13(9-17-19)18-12-7-10-5-3-4-6-11(10)8-12/h3-6,9,12,18H,2,7-8H2,1H3. The third-order valence-corrected chi connectivity index (χ3v) is 4.46. The highest BCUT2D eigenvalue weighted by Gasteiger charge is 2.22. The van der Waals surface area contributed by atoms with Crippen LogP contribution in [0.25, 0.3) is 0 Å². The third-order valence-electron chi connectivity index (χ3n) is 3.70. The molecule has 0 radical (unpaired) electrons. The van der Waals surface area contributed by atoms with Crippen LogP contribution in [0, 0.1) is 0 Å². The summed E-state index contributed by atoms with van der Waals surface area (Å²) in [5.41, 5.74) is 3.46. The van der Waals surface area contributed by atoms with Gasteiger partial charge in [-0.3, -0.25) is 4.79 Å². The Morgan fingerprint density at radius 2 is 2.00 bits per heavy atom. The Bertz CT molecular complexity index is 671. The molecule has 20 heavy (non-hydrogen) atoms. The van der Waals surface area contributed by atoms with E-state index in [2.05, 4.69) is 50.6 Å². The van der Waals surface area contributed by atoms with Crippen molar-refractivity contribution in [2.75, 3.05) is 5.32 Å². The zero-order valence-corrected chi connectivity index (χ0v) is 12.9. The Morgan fingerprint density at radius 3 is 2.60 bits per heavy atom. The molecule has 0 saturated heterocycles. The van der Waals surface area contributed by atoms with E-state index in [-0.39, 0.29) is 5.56 Å². The average Bonchev–Trinajstić information content (AvgIpc) is 2.86. The van der Waals surface area contributed by atoms with Crippen molar-refractivity contribution in [2.24, 2.45) is 0 Å². The van der Waals surface area contributed by atoms with Crippen LogP contribution >= 0.6 is 15.9 Å². The zero-order valence-electron chi connectivity index (χ0n) is 11.3. The Hall–Kier alpha value is -1.62. The molecular formula is C15H16BrN3O. The second-order valence-electron chi connectivity index (χ2n) is 5.01. The van der Waals surface area contributed by atoms with Gasteiger partial charge in [0.1, 0.15) is 4.47 Å². The molecule has 0 saturated carbocycles. The summed E-state index contributed by atoms with van der Waals surface area (Å²) < 4.78 is 2.00. The molecule has 1 aromatic heterocycles. The maximum atomic E-state index is 12.0. The Morgan fingerprint density at radius 1 is 1.35 bits per heavy atom. The van der Waals surface area contributed by atoms with Gasteiger partial charge in [0.2, 0.25) is 0 Å². The number of aromatic nitrogens is 2. The van der Waals surface area contributed by atoms with Crippen molar-refractivity contribution in [3.05, 3.63) is 56.4 Å². The van der Waals surface area contributed by atoms with Gasteiger partial charge in [-0.2, -0.15) is 5.10 Å². The molecular weight excluding hydrogens is 318 g/mol. The van der Waals surface area contributed by atoms with Crippen molar-refractivity contribution in [1.29, 1.82) is 0 Å². The van der Waals surface area contributed by atoms with Crippen LogP contribution in [0.5, 0.6) is 0 Å². The first-order chi connectivity index (χ1) is 9.69. The van der Waals surface area contributed by atoms with E-state index in [1.807, 2.05) is 6.92 Å². The number of nitrogens with zero attached hydrogens (tertiary/aromatic N) is 2. The van der Waals surface area contributed by atoms with Gasteiger partial charge in [-0.15, -0.1) is 0 Å². The van der Waals surface area contributed by atoms with Gasteiger partial charge in [0.05, 0.1) is 11.9 Å². The first kappa shape index (κ1) is 13.4. The zero-order chi connectivity index (χ0) is 14.1. The van der Waals surface area contributed by atoms with Gasteiger partial charge in [-0.25, -0.2) is 4.68 Å². The molecule has 2 aromatic rings. The Balaban J connectivity index is 1.81. The van der Waals surface area contributed by atoms with Gasteiger partial charge in [-0.1, -0.05) is 24.3 Å². The van der Waals surface area contributed by atoms with Gasteiger partial charge in [0.15, 0.2) is 0 Å². The number of nitrogens with one attached hydrogen (secondary N) is 1. The lowest BCUT2D eigenvalue weighted by atomic mass is 10.1. The second kappa shape index (κ2) is 5.40. The first-order valence-electron chi connectivity index (χ1n) is 6.78. The van der Waals surface area contributed by atoms with Crippen LogP contribution in [-0.2, 0) is 19.4 Å². The number of halogens is 1. The van der Waals surface area contributed by atoms with Gasteiger partial charge < -0.3 is 5.32 Å². The molecule has 1 N–H and O–H groups in total. The van der Waals surface area contributed by atoms with Crippen LogP contribution < -0.4 is 10.9 Å². The molecule has 104 valence electrons. The summed E-state index contributed by atoms with van der Waals surface area (Å²) in [7, 11) is 0. The van der Waals surface area contributed by atoms with E-state index in [0.29, 0.717) is 17.1 Å². The molecule has 1 heterocycles. The third kappa shape index (κ3) is 2.38. The maximum Gasteiger partial charge on any atom is 0.283 e. The number of hydrogen-bond donors (Lipinski definition) is 1. The van der Waals surface area contributed by atoms with E-state index in [9.17, 15) is 4.79 Å². The Labute approximate surface area is 126 Å². The number of benzene rings is 1. The highest BCUT2D eigenvalue weighted by atomic mass is 79.9. The fraction of sp³-hybridized carbons (Fsp3) is 0.333. The summed E-state index contributed by atoms with van der Waals surface area (Å²) in [6.45, 7) is 2.48. The Kier molecular flexibility index (Phi) is 3.61. The van der Waals surface area contributed by atoms with Crippen LogP contribution in [0.4, 0.5) is 5.69 Å². The minimum absolute atomic E-state index is 0.0898. The molecule has 0 bridgehead atoms. The number of aryl methyl sites for hydroxylation is 1. The molecule has 5 heteroatoms. The van der Waals surface area contributed by atoms with Crippen LogP contribution in [0.3, 0.4) is 0 Å². The predicted molar refractivity (Wildman–Crippen MR) is 83.1 cm³/mol. The van der Waals surface area contributed by atoms with Gasteiger partial charge in [0.25, 0.3) is 5.56 Å². The van der Waals surface area contributed by atoms with Gasteiger partial charge >= 0.3 is 0 Å². The van der Waals surface area contributed by atoms with E-state index in [1.165, 1.54) is 15.8 Å². The molecule has 1 aliphatic rings. The smallest absolute Gasteiger partial charge is 0.283 e.